The van der Waals surface area contributed by atoms with Gasteiger partial charge in [0.15, 0.2) is 0 Å². The van der Waals surface area contributed by atoms with Crippen molar-refractivity contribution in [3.63, 3.8) is 0 Å². The second-order valence-electron chi connectivity index (χ2n) is 6.63. The van der Waals surface area contributed by atoms with Crippen LogP contribution in [0.25, 0.3) is 0 Å². The summed E-state index contributed by atoms with van der Waals surface area (Å²) < 4.78 is 0. The normalized spacial score (nSPS) is 47.4. The SMILES string of the molecule is CCCC[C@]1(O)C[C@@H]2CC[C@@]1(C)C2(C)C. The average Bonchev–Trinajstić information content (AvgIpc) is 2.47. The number of aliphatic hydroxyl groups is 1. The van der Waals surface area contributed by atoms with Crippen molar-refractivity contribution in [3.05, 3.63) is 0 Å². The predicted molar refractivity (Wildman–Crippen MR) is 63.7 cm³/mol. The largest absolute Gasteiger partial charge is 0.389 e. The van der Waals surface area contributed by atoms with Crippen molar-refractivity contribution in [2.75, 3.05) is 0 Å². The molecule has 2 rings (SSSR count). The lowest BCUT2D eigenvalue weighted by Gasteiger charge is -2.45. The van der Waals surface area contributed by atoms with Gasteiger partial charge >= 0.3 is 0 Å². The van der Waals surface area contributed by atoms with Gasteiger partial charge in [-0.25, -0.2) is 0 Å². The van der Waals surface area contributed by atoms with Crippen molar-refractivity contribution in [1.82, 2.24) is 0 Å². The van der Waals surface area contributed by atoms with Crippen molar-refractivity contribution in [2.24, 2.45) is 16.7 Å². The summed E-state index contributed by atoms with van der Waals surface area (Å²) in [6, 6.07) is 0. The maximum Gasteiger partial charge on any atom is 0.0709 e. The lowest BCUT2D eigenvalue weighted by molar-refractivity contribution is -0.0957. The molecular weight excluding hydrogens is 184 g/mol. The Kier molecular flexibility index (Phi) is 2.46. The summed E-state index contributed by atoms with van der Waals surface area (Å²) in [5.41, 5.74) is 0.144. The summed E-state index contributed by atoms with van der Waals surface area (Å²) in [5, 5.41) is 10.9. The van der Waals surface area contributed by atoms with Gasteiger partial charge in [-0.3, -0.25) is 0 Å². The molecule has 0 amide bonds. The molecule has 2 saturated carbocycles. The first kappa shape index (κ1) is 11.4. The molecule has 3 atom stereocenters. The molecule has 0 aromatic carbocycles. The van der Waals surface area contributed by atoms with Crippen LogP contribution in [0.4, 0.5) is 0 Å². The molecule has 1 nitrogen and oxygen atoms in total. The third-order valence-electron chi connectivity index (χ3n) is 5.99. The molecule has 0 aromatic rings. The Hall–Kier alpha value is -0.0400. The van der Waals surface area contributed by atoms with Crippen LogP contribution >= 0.6 is 0 Å². The first-order chi connectivity index (χ1) is 6.87. The zero-order chi connectivity index (χ0) is 11.3. The van der Waals surface area contributed by atoms with E-state index < -0.39 is 0 Å². The smallest absolute Gasteiger partial charge is 0.0709 e. The highest BCUT2D eigenvalue weighted by Crippen LogP contribution is 2.70. The van der Waals surface area contributed by atoms with Gasteiger partial charge in [-0.05, 0) is 37.0 Å². The summed E-state index contributed by atoms with van der Waals surface area (Å²) in [7, 11) is 0. The quantitative estimate of drug-likeness (QED) is 0.752. The van der Waals surface area contributed by atoms with Crippen LogP contribution < -0.4 is 0 Å². The monoisotopic (exact) mass is 210 g/mol. The summed E-state index contributed by atoms with van der Waals surface area (Å²) in [5.74, 6) is 0.754. The van der Waals surface area contributed by atoms with Gasteiger partial charge in [0.2, 0.25) is 0 Å². The van der Waals surface area contributed by atoms with E-state index in [0.29, 0.717) is 5.41 Å². The van der Waals surface area contributed by atoms with E-state index >= 15 is 0 Å². The van der Waals surface area contributed by atoms with Crippen molar-refractivity contribution >= 4 is 0 Å². The van der Waals surface area contributed by atoms with E-state index in [4.69, 9.17) is 0 Å². The Morgan fingerprint density at radius 2 is 1.93 bits per heavy atom. The zero-order valence-electron chi connectivity index (χ0n) is 10.8. The van der Waals surface area contributed by atoms with Crippen LogP contribution in [-0.4, -0.2) is 10.7 Å². The van der Waals surface area contributed by atoms with Crippen LogP contribution in [0.2, 0.25) is 0 Å². The minimum atomic E-state index is -0.366. The lowest BCUT2D eigenvalue weighted by Crippen LogP contribution is -2.47. The van der Waals surface area contributed by atoms with E-state index in [-0.39, 0.29) is 11.0 Å². The van der Waals surface area contributed by atoms with Gasteiger partial charge in [-0.1, -0.05) is 40.5 Å². The molecule has 0 aromatic heterocycles. The molecule has 15 heavy (non-hydrogen) atoms. The molecule has 0 aliphatic heterocycles. The fourth-order valence-corrected chi connectivity index (χ4v) is 4.27. The fourth-order valence-electron chi connectivity index (χ4n) is 4.27. The Morgan fingerprint density at radius 1 is 1.27 bits per heavy atom. The number of unbranched alkanes of at least 4 members (excludes halogenated alkanes) is 1. The van der Waals surface area contributed by atoms with Gasteiger partial charge in [0, 0.05) is 5.41 Å². The van der Waals surface area contributed by atoms with Crippen molar-refractivity contribution < 1.29 is 5.11 Å². The number of fused-ring (bicyclic) bond motifs is 2. The van der Waals surface area contributed by atoms with Crippen LogP contribution in [-0.2, 0) is 0 Å². The summed E-state index contributed by atoms with van der Waals surface area (Å²) in [6.07, 6.45) is 7.00. The molecule has 2 aliphatic carbocycles. The highest BCUT2D eigenvalue weighted by Gasteiger charge is 2.67. The van der Waals surface area contributed by atoms with Crippen LogP contribution in [0, 0.1) is 16.7 Å². The molecule has 1 heteroatoms. The van der Waals surface area contributed by atoms with E-state index in [9.17, 15) is 5.11 Å². The Bertz CT molecular complexity index is 258. The molecule has 2 bridgehead atoms. The molecule has 2 aliphatic rings. The minimum Gasteiger partial charge on any atom is -0.389 e. The maximum atomic E-state index is 10.9. The Morgan fingerprint density at radius 3 is 2.33 bits per heavy atom. The second-order valence-corrected chi connectivity index (χ2v) is 6.63. The van der Waals surface area contributed by atoms with Crippen molar-refractivity contribution in [1.29, 1.82) is 0 Å². The van der Waals surface area contributed by atoms with E-state index in [1.54, 1.807) is 0 Å². The minimum absolute atomic E-state index is 0.167. The predicted octanol–water partition coefficient (Wildman–Crippen LogP) is 3.75. The number of hydrogen-bond acceptors (Lipinski definition) is 1. The molecule has 88 valence electrons. The Balaban J connectivity index is 2.24. The number of rotatable bonds is 3. The fraction of sp³-hybridized carbons (Fsp3) is 1.00. The number of hydrogen-bond donors (Lipinski definition) is 1. The maximum absolute atomic E-state index is 10.9. The second kappa shape index (κ2) is 3.23. The van der Waals surface area contributed by atoms with Gasteiger partial charge in [0.25, 0.3) is 0 Å². The average molecular weight is 210 g/mol. The molecule has 1 N–H and O–H groups in total. The van der Waals surface area contributed by atoms with E-state index in [0.717, 1.165) is 18.8 Å². The highest BCUT2D eigenvalue weighted by atomic mass is 16.3. The molecule has 0 saturated heterocycles. The molecule has 0 spiro atoms. The van der Waals surface area contributed by atoms with Gasteiger partial charge in [-0.2, -0.15) is 0 Å². The molecular formula is C14H26O. The van der Waals surface area contributed by atoms with Crippen LogP contribution in [0.5, 0.6) is 0 Å². The molecule has 0 radical (unpaired) electrons. The van der Waals surface area contributed by atoms with Crippen molar-refractivity contribution in [2.45, 2.75) is 71.8 Å². The molecule has 2 fully saturated rings. The van der Waals surface area contributed by atoms with E-state index in [1.807, 2.05) is 0 Å². The third kappa shape index (κ3) is 1.25. The lowest BCUT2D eigenvalue weighted by atomic mass is 9.63. The van der Waals surface area contributed by atoms with Gasteiger partial charge in [-0.15, -0.1) is 0 Å². The van der Waals surface area contributed by atoms with Crippen molar-refractivity contribution in [3.8, 4) is 0 Å². The first-order valence-corrected chi connectivity index (χ1v) is 6.60. The third-order valence-corrected chi connectivity index (χ3v) is 5.99. The zero-order valence-corrected chi connectivity index (χ0v) is 10.8. The van der Waals surface area contributed by atoms with Crippen LogP contribution in [0.15, 0.2) is 0 Å². The van der Waals surface area contributed by atoms with Crippen LogP contribution in [0.3, 0.4) is 0 Å². The van der Waals surface area contributed by atoms with Gasteiger partial charge < -0.3 is 5.11 Å². The Labute approximate surface area is 94.3 Å². The molecule has 0 heterocycles. The van der Waals surface area contributed by atoms with Gasteiger partial charge in [0.05, 0.1) is 5.60 Å². The molecule has 0 unspecified atom stereocenters. The summed E-state index contributed by atoms with van der Waals surface area (Å²) in [6.45, 7) is 9.28. The topological polar surface area (TPSA) is 20.2 Å². The summed E-state index contributed by atoms with van der Waals surface area (Å²) >= 11 is 0. The first-order valence-electron chi connectivity index (χ1n) is 6.60. The van der Waals surface area contributed by atoms with E-state index in [2.05, 4.69) is 27.7 Å². The standard InChI is InChI=1S/C14H26O/c1-5-6-8-14(15)10-11-7-9-13(14,4)12(11,2)3/h11,15H,5-10H2,1-4H3/t11-,13-,14-/m0/s1. The van der Waals surface area contributed by atoms with Gasteiger partial charge in [0.1, 0.15) is 0 Å². The van der Waals surface area contributed by atoms with Crippen LogP contribution in [0.1, 0.15) is 66.2 Å². The highest BCUT2D eigenvalue weighted by molar-refractivity contribution is 5.17. The summed E-state index contributed by atoms with van der Waals surface area (Å²) in [4.78, 5) is 0. The van der Waals surface area contributed by atoms with E-state index in [1.165, 1.54) is 25.7 Å².